The maximum atomic E-state index is 11.3. The van der Waals surface area contributed by atoms with Crippen LogP contribution in [0.4, 0.5) is 0 Å². The molecule has 0 aliphatic heterocycles. The van der Waals surface area contributed by atoms with Gasteiger partial charge >= 0.3 is 5.97 Å². The standard InChI is InChI=1S/C10H17N3O2/c1-15-10(14)9(12-13-11)7-8-5-3-2-4-6-8/h8-9H,2-7H2,1H3. The molecule has 0 aromatic heterocycles. The van der Waals surface area contributed by atoms with Crippen molar-refractivity contribution in [1.29, 1.82) is 0 Å². The predicted molar refractivity (Wildman–Crippen MR) is 56.1 cm³/mol. The molecule has 15 heavy (non-hydrogen) atoms. The Morgan fingerprint density at radius 3 is 2.73 bits per heavy atom. The Kier molecular flexibility index (Phi) is 4.98. The van der Waals surface area contributed by atoms with Crippen LogP contribution in [0.2, 0.25) is 0 Å². The van der Waals surface area contributed by atoms with Gasteiger partial charge in [-0.15, -0.1) is 0 Å². The van der Waals surface area contributed by atoms with Crippen molar-refractivity contribution in [3.05, 3.63) is 10.4 Å². The number of carbonyl (C=O) groups is 1. The number of azide groups is 1. The van der Waals surface area contributed by atoms with Crippen molar-refractivity contribution < 1.29 is 9.53 Å². The number of carbonyl (C=O) groups excluding carboxylic acids is 1. The van der Waals surface area contributed by atoms with E-state index in [-0.39, 0.29) is 0 Å². The van der Waals surface area contributed by atoms with Gasteiger partial charge in [-0.1, -0.05) is 37.2 Å². The Hall–Kier alpha value is -1.22. The SMILES string of the molecule is COC(=O)C(CC1CCCCC1)N=[N+]=[N-]. The zero-order valence-corrected chi connectivity index (χ0v) is 9.06. The highest BCUT2D eigenvalue weighted by molar-refractivity contribution is 5.75. The van der Waals surface area contributed by atoms with Crippen molar-refractivity contribution in [2.45, 2.75) is 44.6 Å². The van der Waals surface area contributed by atoms with Crippen LogP contribution >= 0.6 is 0 Å². The Morgan fingerprint density at radius 1 is 1.53 bits per heavy atom. The van der Waals surface area contributed by atoms with Gasteiger partial charge in [-0.2, -0.15) is 0 Å². The molecule has 5 nitrogen and oxygen atoms in total. The molecule has 5 heteroatoms. The molecule has 0 aromatic carbocycles. The third kappa shape index (κ3) is 3.80. The van der Waals surface area contributed by atoms with Crippen LogP contribution in [0, 0.1) is 5.92 Å². The first-order valence-corrected chi connectivity index (χ1v) is 5.40. The first kappa shape index (κ1) is 11.9. The van der Waals surface area contributed by atoms with E-state index in [0.717, 1.165) is 12.8 Å². The van der Waals surface area contributed by atoms with Crippen molar-refractivity contribution in [3.63, 3.8) is 0 Å². The second-order valence-corrected chi connectivity index (χ2v) is 3.98. The van der Waals surface area contributed by atoms with Gasteiger partial charge in [0.05, 0.1) is 7.11 Å². The molecule has 84 valence electrons. The molecule has 0 bridgehead atoms. The summed E-state index contributed by atoms with van der Waals surface area (Å²) in [6.07, 6.45) is 6.62. The van der Waals surface area contributed by atoms with Gasteiger partial charge in [0.15, 0.2) is 0 Å². The Balaban J connectivity index is 2.49. The molecule has 1 rings (SSSR count). The van der Waals surface area contributed by atoms with Crippen LogP contribution in [-0.2, 0) is 9.53 Å². The molecular formula is C10H17N3O2. The molecule has 1 fully saturated rings. The molecule has 0 amide bonds. The first-order valence-electron chi connectivity index (χ1n) is 5.40. The lowest BCUT2D eigenvalue weighted by atomic mass is 9.85. The maximum absolute atomic E-state index is 11.3. The molecule has 1 saturated carbocycles. The largest absolute Gasteiger partial charge is 0.469 e. The van der Waals surface area contributed by atoms with Crippen molar-refractivity contribution in [1.82, 2.24) is 0 Å². The third-order valence-corrected chi connectivity index (χ3v) is 2.95. The summed E-state index contributed by atoms with van der Waals surface area (Å²) in [7, 11) is 1.32. The summed E-state index contributed by atoms with van der Waals surface area (Å²) < 4.78 is 4.60. The van der Waals surface area contributed by atoms with Crippen LogP contribution in [0.5, 0.6) is 0 Å². The zero-order chi connectivity index (χ0) is 11.1. The molecule has 0 heterocycles. The van der Waals surface area contributed by atoms with E-state index in [1.807, 2.05) is 0 Å². The van der Waals surface area contributed by atoms with E-state index in [1.54, 1.807) is 0 Å². The minimum atomic E-state index is -0.636. The molecule has 1 aliphatic carbocycles. The molecule has 0 N–H and O–H groups in total. The van der Waals surface area contributed by atoms with Crippen LogP contribution < -0.4 is 0 Å². The van der Waals surface area contributed by atoms with Crippen LogP contribution in [0.3, 0.4) is 0 Å². The van der Waals surface area contributed by atoms with Crippen molar-refractivity contribution in [2.75, 3.05) is 7.11 Å². The van der Waals surface area contributed by atoms with E-state index >= 15 is 0 Å². The van der Waals surface area contributed by atoms with Gasteiger partial charge in [-0.25, -0.2) is 0 Å². The van der Waals surface area contributed by atoms with E-state index in [1.165, 1.54) is 26.4 Å². The van der Waals surface area contributed by atoms with Crippen LogP contribution in [0.15, 0.2) is 5.11 Å². The molecule has 0 aromatic rings. The smallest absolute Gasteiger partial charge is 0.314 e. The number of rotatable bonds is 4. The van der Waals surface area contributed by atoms with Gasteiger partial charge in [0.25, 0.3) is 0 Å². The summed E-state index contributed by atoms with van der Waals surface area (Å²) in [5, 5.41) is 3.50. The Bertz CT molecular complexity index is 255. The van der Waals surface area contributed by atoms with E-state index < -0.39 is 12.0 Å². The molecule has 1 aliphatic rings. The normalized spacial score (nSPS) is 19.0. The van der Waals surface area contributed by atoms with Gasteiger partial charge in [-0.05, 0) is 17.9 Å². The molecule has 0 radical (unpaired) electrons. The lowest BCUT2D eigenvalue weighted by molar-refractivity contribution is -0.142. The van der Waals surface area contributed by atoms with Gasteiger partial charge in [0.2, 0.25) is 0 Å². The fraction of sp³-hybridized carbons (Fsp3) is 0.900. The quantitative estimate of drug-likeness (QED) is 0.310. The molecular weight excluding hydrogens is 194 g/mol. The summed E-state index contributed by atoms with van der Waals surface area (Å²) in [6, 6.07) is -0.636. The summed E-state index contributed by atoms with van der Waals surface area (Å²) in [6.45, 7) is 0. The van der Waals surface area contributed by atoms with E-state index in [9.17, 15) is 4.79 Å². The fourth-order valence-corrected chi connectivity index (χ4v) is 2.13. The van der Waals surface area contributed by atoms with Crippen molar-refractivity contribution >= 4 is 5.97 Å². The Morgan fingerprint density at radius 2 is 2.20 bits per heavy atom. The second-order valence-electron chi connectivity index (χ2n) is 3.98. The van der Waals surface area contributed by atoms with Crippen molar-refractivity contribution in [2.24, 2.45) is 11.0 Å². The summed E-state index contributed by atoms with van der Waals surface area (Å²) in [5.74, 6) is 0.0896. The summed E-state index contributed by atoms with van der Waals surface area (Å²) in [4.78, 5) is 14.0. The monoisotopic (exact) mass is 211 g/mol. The predicted octanol–water partition coefficient (Wildman–Crippen LogP) is 2.81. The average Bonchev–Trinajstić information content (AvgIpc) is 2.29. The van der Waals surface area contributed by atoms with E-state index in [0.29, 0.717) is 12.3 Å². The average molecular weight is 211 g/mol. The van der Waals surface area contributed by atoms with Gasteiger partial charge < -0.3 is 4.74 Å². The number of esters is 1. The number of nitrogens with zero attached hydrogens (tertiary/aromatic N) is 3. The summed E-state index contributed by atoms with van der Waals surface area (Å²) >= 11 is 0. The summed E-state index contributed by atoms with van der Waals surface area (Å²) in [5.41, 5.74) is 8.36. The topological polar surface area (TPSA) is 75.1 Å². The number of methoxy groups -OCH3 is 1. The number of ether oxygens (including phenoxy) is 1. The fourth-order valence-electron chi connectivity index (χ4n) is 2.13. The van der Waals surface area contributed by atoms with Gasteiger partial charge in [0, 0.05) is 4.91 Å². The molecule has 1 atom stereocenters. The molecule has 1 unspecified atom stereocenters. The molecule has 0 saturated heterocycles. The highest BCUT2D eigenvalue weighted by Gasteiger charge is 2.23. The second kappa shape index (κ2) is 6.30. The minimum Gasteiger partial charge on any atom is -0.469 e. The van der Waals surface area contributed by atoms with Crippen LogP contribution in [0.1, 0.15) is 38.5 Å². The first-order chi connectivity index (χ1) is 7.27. The van der Waals surface area contributed by atoms with Crippen LogP contribution in [0.25, 0.3) is 10.4 Å². The van der Waals surface area contributed by atoms with Gasteiger partial charge in [-0.3, -0.25) is 4.79 Å². The Labute approximate surface area is 89.4 Å². The van der Waals surface area contributed by atoms with E-state index in [4.69, 9.17) is 5.53 Å². The van der Waals surface area contributed by atoms with Gasteiger partial charge in [0.1, 0.15) is 6.04 Å². The highest BCUT2D eigenvalue weighted by Crippen LogP contribution is 2.28. The van der Waals surface area contributed by atoms with Crippen LogP contribution in [-0.4, -0.2) is 19.1 Å². The lowest BCUT2D eigenvalue weighted by Gasteiger charge is -2.23. The number of hydrogen-bond acceptors (Lipinski definition) is 3. The lowest BCUT2D eigenvalue weighted by Crippen LogP contribution is -2.24. The molecule has 0 spiro atoms. The third-order valence-electron chi connectivity index (χ3n) is 2.95. The van der Waals surface area contributed by atoms with E-state index in [2.05, 4.69) is 14.8 Å². The number of hydrogen-bond donors (Lipinski definition) is 0. The highest BCUT2D eigenvalue weighted by atomic mass is 16.5. The zero-order valence-electron chi connectivity index (χ0n) is 9.06. The minimum absolute atomic E-state index is 0.418. The van der Waals surface area contributed by atoms with Crippen molar-refractivity contribution in [3.8, 4) is 0 Å². The maximum Gasteiger partial charge on any atom is 0.314 e.